The van der Waals surface area contributed by atoms with Crippen LogP contribution in [0.3, 0.4) is 0 Å². The molecule has 2 atom stereocenters. The van der Waals surface area contributed by atoms with Crippen LogP contribution in [0.2, 0.25) is 0 Å². The van der Waals surface area contributed by atoms with Gasteiger partial charge in [-0.25, -0.2) is 0 Å². The van der Waals surface area contributed by atoms with Crippen LogP contribution in [0.15, 0.2) is 24.3 Å². The number of hydrogen-bond acceptors (Lipinski definition) is 3. The Labute approximate surface area is 115 Å². The molecule has 2 unspecified atom stereocenters. The van der Waals surface area contributed by atoms with Crippen LogP contribution in [0.5, 0.6) is 0 Å². The predicted octanol–water partition coefficient (Wildman–Crippen LogP) is 2.63. The Balaban J connectivity index is 1.69. The van der Waals surface area contributed by atoms with Gasteiger partial charge in [0.15, 0.2) is 0 Å². The van der Waals surface area contributed by atoms with Crippen LogP contribution in [-0.4, -0.2) is 30.7 Å². The maximum absolute atomic E-state index is 6.27. The van der Waals surface area contributed by atoms with E-state index >= 15 is 0 Å². The zero-order valence-electron chi connectivity index (χ0n) is 11.7. The van der Waals surface area contributed by atoms with Gasteiger partial charge in [-0.3, -0.25) is 4.90 Å². The zero-order chi connectivity index (χ0) is 13.2. The molecule has 0 amide bonds. The summed E-state index contributed by atoms with van der Waals surface area (Å²) in [5.41, 5.74) is 9.06. The van der Waals surface area contributed by atoms with Crippen molar-refractivity contribution in [1.29, 1.82) is 0 Å². The van der Waals surface area contributed by atoms with Crippen LogP contribution in [0.25, 0.3) is 0 Å². The molecule has 1 fully saturated rings. The molecule has 3 rings (SSSR count). The maximum Gasteiger partial charge on any atom is 0.0599 e. The molecule has 3 heteroatoms. The maximum atomic E-state index is 6.27. The lowest BCUT2D eigenvalue weighted by atomic mass is 10.0. The van der Waals surface area contributed by atoms with Gasteiger partial charge in [-0.1, -0.05) is 24.3 Å². The highest BCUT2D eigenvalue weighted by Gasteiger charge is 2.34. The molecule has 2 aliphatic rings. The van der Waals surface area contributed by atoms with Crippen LogP contribution < -0.4 is 5.73 Å². The third-order valence-electron chi connectivity index (χ3n) is 4.55. The molecule has 19 heavy (non-hydrogen) atoms. The van der Waals surface area contributed by atoms with Crippen molar-refractivity contribution in [3.63, 3.8) is 0 Å². The van der Waals surface area contributed by atoms with Gasteiger partial charge >= 0.3 is 0 Å². The Bertz CT molecular complexity index is 427. The summed E-state index contributed by atoms with van der Waals surface area (Å²) < 4.78 is 5.73. The van der Waals surface area contributed by atoms with E-state index in [4.69, 9.17) is 10.5 Å². The topological polar surface area (TPSA) is 38.5 Å². The number of nitrogens with zero attached hydrogens (tertiary/aromatic N) is 1. The van der Waals surface area contributed by atoms with E-state index in [0.29, 0.717) is 12.1 Å². The first kappa shape index (κ1) is 13.1. The van der Waals surface area contributed by atoms with Crippen molar-refractivity contribution in [3.05, 3.63) is 35.4 Å². The number of fused-ring (bicyclic) bond motifs is 1. The van der Waals surface area contributed by atoms with Crippen LogP contribution in [0.1, 0.15) is 49.4 Å². The molecule has 1 saturated heterocycles. The van der Waals surface area contributed by atoms with E-state index in [1.54, 1.807) is 0 Å². The summed E-state index contributed by atoms with van der Waals surface area (Å²) in [5.74, 6) is 0. The standard InChI is InChI=1S/C16H24N2O/c1-2-19-12-7-9-18(10-8-12)16-11-15(17)13-5-3-4-6-14(13)16/h3-6,12,15-16H,2,7-11,17H2,1H3. The van der Waals surface area contributed by atoms with Gasteiger partial charge in [0.1, 0.15) is 0 Å². The number of benzene rings is 1. The molecule has 0 radical (unpaired) electrons. The monoisotopic (exact) mass is 260 g/mol. The summed E-state index contributed by atoms with van der Waals surface area (Å²) in [4.78, 5) is 2.60. The molecule has 104 valence electrons. The summed E-state index contributed by atoms with van der Waals surface area (Å²) in [5, 5.41) is 0. The quantitative estimate of drug-likeness (QED) is 0.908. The Kier molecular flexibility index (Phi) is 3.87. The van der Waals surface area contributed by atoms with Crippen LogP contribution in [-0.2, 0) is 4.74 Å². The van der Waals surface area contributed by atoms with E-state index in [9.17, 15) is 0 Å². The molecular formula is C16H24N2O. The van der Waals surface area contributed by atoms with Gasteiger partial charge in [0, 0.05) is 31.8 Å². The van der Waals surface area contributed by atoms with Gasteiger partial charge < -0.3 is 10.5 Å². The fraction of sp³-hybridized carbons (Fsp3) is 0.625. The molecule has 0 saturated carbocycles. The summed E-state index contributed by atoms with van der Waals surface area (Å²) in [6.45, 7) is 5.19. The van der Waals surface area contributed by atoms with Gasteiger partial charge in [-0.15, -0.1) is 0 Å². The fourth-order valence-corrected chi connectivity index (χ4v) is 3.58. The lowest BCUT2D eigenvalue weighted by molar-refractivity contribution is 0.00332. The number of hydrogen-bond donors (Lipinski definition) is 1. The molecule has 0 aromatic heterocycles. The molecule has 1 aromatic carbocycles. The first-order valence-electron chi connectivity index (χ1n) is 7.49. The highest BCUT2D eigenvalue weighted by molar-refractivity contribution is 5.37. The first-order valence-corrected chi connectivity index (χ1v) is 7.49. The van der Waals surface area contributed by atoms with Crippen molar-refractivity contribution in [3.8, 4) is 0 Å². The largest absolute Gasteiger partial charge is 0.378 e. The van der Waals surface area contributed by atoms with Crippen molar-refractivity contribution in [1.82, 2.24) is 4.90 Å². The van der Waals surface area contributed by atoms with Gasteiger partial charge in [0.25, 0.3) is 0 Å². The number of piperidine rings is 1. The van der Waals surface area contributed by atoms with Gasteiger partial charge in [0.05, 0.1) is 6.10 Å². The highest BCUT2D eigenvalue weighted by Crippen LogP contribution is 2.41. The number of rotatable bonds is 3. The lowest BCUT2D eigenvalue weighted by Gasteiger charge is -2.36. The average Bonchev–Trinajstić information content (AvgIpc) is 2.78. The summed E-state index contributed by atoms with van der Waals surface area (Å²) in [6, 6.07) is 9.41. The van der Waals surface area contributed by atoms with Crippen LogP contribution in [0, 0.1) is 0 Å². The Morgan fingerprint density at radius 3 is 2.58 bits per heavy atom. The molecule has 1 heterocycles. The average molecular weight is 260 g/mol. The van der Waals surface area contributed by atoms with E-state index in [0.717, 1.165) is 39.0 Å². The fourth-order valence-electron chi connectivity index (χ4n) is 3.58. The minimum absolute atomic E-state index is 0.214. The number of ether oxygens (including phenoxy) is 1. The number of nitrogens with two attached hydrogens (primary N) is 1. The van der Waals surface area contributed by atoms with E-state index in [2.05, 4.69) is 36.1 Å². The second-order valence-corrected chi connectivity index (χ2v) is 5.68. The summed E-state index contributed by atoms with van der Waals surface area (Å²) >= 11 is 0. The third-order valence-corrected chi connectivity index (χ3v) is 4.55. The first-order chi connectivity index (χ1) is 9.29. The van der Waals surface area contributed by atoms with E-state index < -0.39 is 0 Å². The lowest BCUT2D eigenvalue weighted by Crippen LogP contribution is -2.39. The third kappa shape index (κ3) is 2.55. The Morgan fingerprint density at radius 2 is 1.89 bits per heavy atom. The normalized spacial score (nSPS) is 28.5. The second-order valence-electron chi connectivity index (χ2n) is 5.68. The minimum atomic E-state index is 0.214. The summed E-state index contributed by atoms with van der Waals surface area (Å²) in [6.07, 6.45) is 3.84. The van der Waals surface area contributed by atoms with Crippen molar-refractivity contribution in [2.24, 2.45) is 5.73 Å². The van der Waals surface area contributed by atoms with Crippen molar-refractivity contribution in [2.75, 3.05) is 19.7 Å². The van der Waals surface area contributed by atoms with Crippen LogP contribution >= 0.6 is 0 Å². The smallest absolute Gasteiger partial charge is 0.0599 e. The highest BCUT2D eigenvalue weighted by atomic mass is 16.5. The summed E-state index contributed by atoms with van der Waals surface area (Å²) in [7, 11) is 0. The SMILES string of the molecule is CCOC1CCN(C2CC(N)c3ccccc32)CC1. The van der Waals surface area contributed by atoms with Gasteiger partial charge in [-0.05, 0) is 37.3 Å². The molecule has 0 spiro atoms. The molecule has 2 N–H and O–H groups in total. The van der Waals surface area contributed by atoms with Crippen molar-refractivity contribution in [2.45, 2.75) is 44.4 Å². The zero-order valence-corrected chi connectivity index (χ0v) is 11.7. The Hall–Kier alpha value is -0.900. The molecule has 1 aliphatic carbocycles. The predicted molar refractivity (Wildman–Crippen MR) is 76.9 cm³/mol. The van der Waals surface area contributed by atoms with Crippen molar-refractivity contribution < 1.29 is 4.74 Å². The molecular weight excluding hydrogens is 236 g/mol. The minimum Gasteiger partial charge on any atom is -0.378 e. The van der Waals surface area contributed by atoms with E-state index in [-0.39, 0.29) is 6.04 Å². The second kappa shape index (κ2) is 5.61. The van der Waals surface area contributed by atoms with E-state index in [1.807, 2.05) is 0 Å². The van der Waals surface area contributed by atoms with E-state index in [1.165, 1.54) is 11.1 Å². The van der Waals surface area contributed by atoms with Gasteiger partial charge in [0.2, 0.25) is 0 Å². The van der Waals surface area contributed by atoms with Gasteiger partial charge in [-0.2, -0.15) is 0 Å². The Morgan fingerprint density at radius 1 is 1.21 bits per heavy atom. The number of likely N-dealkylation sites (tertiary alicyclic amines) is 1. The van der Waals surface area contributed by atoms with Crippen molar-refractivity contribution >= 4 is 0 Å². The molecule has 0 bridgehead atoms. The molecule has 3 nitrogen and oxygen atoms in total. The molecule has 1 aliphatic heterocycles. The van der Waals surface area contributed by atoms with Crippen LogP contribution in [0.4, 0.5) is 0 Å². The molecule has 1 aromatic rings.